The van der Waals surface area contributed by atoms with Gasteiger partial charge in [0, 0.05) is 66.6 Å². The highest BCUT2D eigenvalue weighted by atomic mass is 19.3. The number of aromatic nitrogens is 4. The first kappa shape index (κ1) is 22.3. The van der Waals surface area contributed by atoms with Crippen LogP contribution in [0.5, 0.6) is 5.75 Å². The maximum absolute atomic E-state index is 15.0. The summed E-state index contributed by atoms with van der Waals surface area (Å²) >= 11 is 0. The monoisotopic (exact) mass is 469 g/mol. The van der Waals surface area contributed by atoms with Gasteiger partial charge < -0.3 is 14.2 Å². The molecule has 4 aromatic rings. The van der Waals surface area contributed by atoms with E-state index in [2.05, 4.69) is 19.7 Å². The molecule has 7 nitrogen and oxygen atoms in total. The van der Waals surface area contributed by atoms with E-state index in [1.807, 2.05) is 11.9 Å². The van der Waals surface area contributed by atoms with Gasteiger partial charge in [0.1, 0.15) is 22.8 Å². The minimum absolute atomic E-state index is 0.0812. The zero-order valence-electron chi connectivity index (χ0n) is 18.5. The van der Waals surface area contributed by atoms with Crippen molar-refractivity contribution in [2.24, 2.45) is 0 Å². The number of aliphatic hydroxyl groups is 1. The smallest absolute Gasteiger partial charge is 0.387 e. The highest BCUT2D eigenvalue weighted by molar-refractivity contribution is 5.64. The molecule has 0 atom stereocenters. The third-order valence-corrected chi connectivity index (χ3v) is 6.00. The minimum Gasteiger partial charge on any atom is -0.435 e. The predicted octanol–water partition coefficient (Wildman–Crippen LogP) is 3.56. The summed E-state index contributed by atoms with van der Waals surface area (Å²) < 4.78 is 47.0. The van der Waals surface area contributed by atoms with Crippen molar-refractivity contribution in [3.63, 3.8) is 0 Å². The fraction of sp³-hybridized carbons (Fsp3) is 0.292. The summed E-state index contributed by atoms with van der Waals surface area (Å²) in [4.78, 5) is 14.9. The Labute approximate surface area is 193 Å². The second-order valence-corrected chi connectivity index (χ2v) is 8.57. The topological polar surface area (TPSA) is 75.8 Å². The van der Waals surface area contributed by atoms with Crippen molar-refractivity contribution in [2.75, 3.05) is 20.1 Å². The van der Waals surface area contributed by atoms with E-state index in [1.54, 1.807) is 35.7 Å². The highest BCUT2D eigenvalue weighted by Crippen LogP contribution is 2.31. The summed E-state index contributed by atoms with van der Waals surface area (Å²) in [5.74, 6) is -0.118. The van der Waals surface area contributed by atoms with E-state index in [0.29, 0.717) is 47.1 Å². The molecule has 0 radical (unpaired) electrons. The number of aryl methyl sites for hydroxylation is 1. The average Bonchev–Trinajstić information content (AvgIpc) is 3.07. The summed E-state index contributed by atoms with van der Waals surface area (Å²) in [6, 6.07) is 7.87. The van der Waals surface area contributed by atoms with Crippen molar-refractivity contribution in [1.82, 2.24) is 24.3 Å². The number of β-amino-alcohol motifs (C(OH)–C–C–N with tert-alkyl or cyclic N) is 1. The summed E-state index contributed by atoms with van der Waals surface area (Å²) in [6.45, 7) is -0.293. The number of hydrogen-bond acceptors (Lipinski definition) is 6. The van der Waals surface area contributed by atoms with Crippen LogP contribution in [0.4, 0.5) is 13.2 Å². The fourth-order valence-corrected chi connectivity index (χ4v) is 4.39. The number of nitrogens with zero attached hydrogens (tertiary/aromatic N) is 5. The number of rotatable bonds is 6. The van der Waals surface area contributed by atoms with E-state index in [0.717, 1.165) is 0 Å². The van der Waals surface area contributed by atoms with Gasteiger partial charge in [0.05, 0.1) is 5.69 Å². The van der Waals surface area contributed by atoms with Crippen molar-refractivity contribution >= 4 is 5.65 Å². The summed E-state index contributed by atoms with van der Waals surface area (Å²) in [6.07, 6.45) is 4.83. The van der Waals surface area contributed by atoms with Crippen molar-refractivity contribution in [3.8, 4) is 16.9 Å². The van der Waals surface area contributed by atoms with Crippen molar-refractivity contribution in [2.45, 2.75) is 25.6 Å². The third-order valence-electron chi connectivity index (χ3n) is 6.00. The number of likely N-dealkylation sites (tertiary alicyclic amines) is 1. The fourth-order valence-electron chi connectivity index (χ4n) is 4.39. The van der Waals surface area contributed by atoms with Crippen LogP contribution in [-0.2, 0) is 12.0 Å². The first-order valence-electron chi connectivity index (χ1n) is 10.7. The van der Waals surface area contributed by atoms with Gasteiger partial charge >= 0.3 is 6.61 Å². The lowest BCUT2D eigenvalue weighted by Gasteiger charge is -2.42. The van der Waals surface area contributed by atoms with E-state index in [9.17, 15) is 18.3 Å². The Bertz CT molecular complexity index is 1350. The quantitative estimate of drug-likeness (QED) is 0.466. The number of imidazole rings is 1. The van der Waals surface area contributed by atoms with Crippen LogP contribution < -0.4 is 4.74 Å². The second-order valence-electron chi connectivity index (χ2n) is 8.57. The van der Waals surface area contributed by atoms with Gasteiger partial charge in [-0.1, -0.05) is 18.2 Å². The Morgan fingerprint density at radius 1 is 1.18 bits per heavy atom. The van der Waals surface area contributed by atoms with E-state index in [-0.39, 0.29) is 17.7 Å². The second kappa shape index (κ2) is 8.37. The van der Waals surface area contributed by atoms with Gasteiger partial charge in [-0.25, -0.2) is 19.3 Å². The molecule has 4 heterocycles. The minimum atomic E-state index is -2.94. The Balaban J connectivity index is 1.51. The number of benzene rings is 1. The summed E-state index contributed by atoms with van der Waals surface area (Å²) in [5.41, 5.74) is 1.91. The zero-order valence-corrected chi connectivity index (χ0v) is 18.5. The van der Waals surface area contributed by atoms with Crippen LogP contribution in [-0.4, -0.2) is 56.1 Å². The third kappa shape index (κ3) is 3.99. The maximum Gasteiger partial charge on any atom is 0.387 e. The number of likely N-dealkylation sites (N-methyl/N-ethyl adjacent to an activating group) is 1. The van der Waals surface area contributed by atoms with Gasteiger partial charge in [0.2, 0.25) is 0 Å². The number of para-hydroxylation sites is 1. The van der Waals surface area contributed by atoms with Gasteiger partial charge in [0.25, 0.3) is 0 Å². The van der Waals surface area contributed by atoms with Crippen LogP contribution in [0.3, 0.4) is 0 Å². The van der Waals surface area contributed by atoms with E-state index < -0.39 is 18.0 Å². The predicted molar refractivity (Wildman–Crippen MR) is 118 cm³/mol. The molecule has 34 heavy (non-hydrogen) atoms. The lowest BCUT2D eigenvalue weighted by atomic mass is 9.94. The number of fused-ring (bicyclic) bond motifs is 1. The molecule has 1 N–H and O–H groups in total. The number of hydrogen-bond donors (Lipinski definition) is 1. The van der Waals surface area contributed by atoms with E-state index in [4.69, 9.17) is 0 Å². The number of ether oxygens (including phenoxy) is 1. The molecule has 1 aromatic carbocycles. The van der Waals surface area contributed by atoms with Crippen LogP contribution in [0, 0.1) is 12.7 Å². The lowest BCUT2D eigenvalue weighted by molar-refractivity contribution is -0.0981. The first-order valence-corrected chi connectivity index (χ1v) is 10.7. The standard InChI is InChI=1S/C24H22F3N5O2/c1-14-19(7-15-5-3-4-6-20(15)34-23(26)27)32-11-17(18(25)8-21(32)30-14)16-9-28-22(29-10-16)24(33)12-31(2)13-24/h3-6,8-11,23,33H,7,12-13H2,1-2H3. The van der Waals surface area contributed by atoms with Gasteiger partial charge in [-0.15, -0.1) is 0 Å². The summed E-state index contributed by atoms with van der Waals surface area (Å²) in [5, 5.41) is 10.6. The summed E-state index contributed by atoms with van der Waals surface area (Å²) in [7, 11) is 1.89. The van der Waals surface area contributed by atoms with Crippen molar-refractivity contribution in [1.29, 1.82) is 0 Å². The van der Waals surface area contributed by atoms with Gasteiger partial charge in [0.15, 0.2) is 5.82 Å². The van der Waals surface area contributed by atoms with E-state index >= 15 is 0 Å². The molecular formula is C24H22F3N5O2. The molecule has 1 aliphatic rings. The molecule has 0 unspecified atom stereocenters. The van der Waals surface area contributed by atoms with Gasteiger partial charge in [-0.3, -0.25) is 4.90 Å². The first-order chi connectivity index (χ1) is 16.2. The Hall–Kier alpha value is -3.50. The number of halogens is 3. The van der Waals surface area contributed by atoms with Crippen molar-refractivity contribution in [3.05, 3.63) is 77.5 Å². The molecule has 176 valence electrons. The molecule has 0 bridgehead atoms. The van der Waals surface area contributed by atoms with Crippen LogP contribution in [0.2, 0.25) is 0 Å². The highest BCUT2D eigenvalue weighted by Gasteiger charge is 2.43. The molecule has 10 heteroatoms. The molecule has 0 aliphatic carbocycles. The normalized spacial score (nSPS) is 15.6. The molecule has 0 amide bonds. The van der Waals surface area contributed by atoms with Crippen LogP contribution in [0.1, 0.15) is 22.8 Å². The van der Waals surface area contributed by atoms with Crippen molar-refractivity contribution < 1.29 is 23.0 Å². The Morgan fingerprint density at radius 3 is 2.56 bits per heavy atom. The molecule has 0 spiro atoms. The van der Waals surface area contributed by atoms with Crippen LogP contribution in [0.25, 0.3) is 16.8 Å². The Kier molecular flexibility index (Phi) is 5.49. The molecule has 3 aromatic heterocycles. The SMILES string of the molecule is Cc1nc2cc(F)c(-c3cnc(C4(O)CN(C)C4)nc3)cn2c1Cc1ccccc1OC(F)F. The number of pyridine rings is 1. The lowest BCUT2D eigenvalue weighted by Crippen LogP contribution is -2.58. The average molecular weight is 469 g/mol. The van der Waals surface area contributed by atoms with E-state index in [1.165, 1.54) is 24.5 Å². The van der Waals surface area contributed by atoms with Gasteiger partial charge in [-0.05, 0) is 20.0 Å². The maximum atomic E-state index is 15.0. The Morgan fingerprint density at radius 2 is 1.88 bits per heavy atom. The number of alkyl halides is 2. The zero-order chi connectivity index (χ0) is 24.0. The molecular weight excluding hydrogens is 447 g/mol. The van der Waals surface area contributed by atoms with Gasteiger partial charge in [-0.2, -0.15) is 8.78 Å². The molecule has 5 rings (SSSR count). The molecule has 1 saturated heterocycles. The van der Waals surface area contributed by atoms with Crippen LogP contribution in [0.15, 0.2) is 48.9 Å². The molecule has 1 fully saturated rings. The molecule has 0 saturated carbocycles. The molecule has 1 aliphatic heterocycles. The van der Waals surface area contributed by atoms with Crippen LogP contribution >= 0.6 is 0 Å². The largest absolute Gasteiger partial charge is 0.435 e.